The Kier molecular flexibility index (Phi) is 5.67. The lowest BCUT2D eigenvalue weighted by Crippen LogP contribution is -2.09. The first-order chi connectivity index (χ1) is 23.3. The summed E-state index contributed by atoms with van der Waals surface area (Å²) in [5.74, 6) is 0.922. The van der Waals surface area contributed by atoms with E-state index in [1.807, 2.05) is 6.07 Å². The van der Waals surface area contributed by atoms with Crippen LogP contribution in [0.1, 0.15) is 11.8 Å². The molecule has 0 fully saturated rings. The summed E-state index contributed by atoms with van der Waals surface area (Å²) in [5.41, 5.74) is 6.97. The second-order valence-corrected chi connectivity index (χ2v) is 12.5. The van der Waals surface area contributed by atoms with Crippen LogP contribution in [0.25, 0.3) is 76.1 Å². The van der Waals surface area contributed by atoms with Gasteiger partial charge in [0.1, 0.15) is 0 Å². The van der Waals surface area contributed by atoms with Crippen molar-refractivity contribution in [2.24, 2.45) is 0 Å². The molecule has 2 heteroatoms. The Balaban J connectivity index is 1.05. The summed E-state index contributed by atoms with van der Waals surface area (Å²) in [6, 6.07) is 59.3. The number of anilines is 1. The third-order valence-electron chi connectivity index (χ3n) is 9.88. The van der Waals surface area contributed by atoms with Crippen LogP contribution in [0, 0.1) is 0 Å². The van der Waals surface area contributed by atoms with Crippen molar-refractivity contribution in [1.29, 1.82) is 0 Å². The summed E-state index contributed by atoms with van der Waals surface area (Å²) in [5, 5.41) is 16.1. The topological polar surface area (TPSA) is 21.3 Å². The Morgan fingerprint density at radius 1 is 0.383 bits per heavy atom. The highest BCUT2D eigenvalue weighted by Gasteiger charge is 2.26. The van der Waals surface area contributed by atoms with Crippen molar-refractivity contribution in [3.05, 3.63) is 169 Å². The van der Waals surface area contributed by atoms with E-state index in [2.05, 4.69) is 163 Å². The largest absolute Gasteiger partial charge is 0.464 e. The summed E-state index contributed by atoms with van der Waals surface area (Å²) in [4.78, 5) is 0. The van der Waals surface area contributed by atoms with Crippen LogP contribution in [0.3, 0.4) is 0 Å². The number of nitrogens with one attached hydrogen (secondary N) is 1. The molecule has 0 amide bonds. The quantitative estimate of drug-likeness (QED) is 0.204. The number of fused-ring (bicyclic) bond motifs is 11. The van der Waals surface area contributed by atoms with E-state index in [-0.39, 0.29) is 6.23 Å². The van der Waals surface area contributed by atoms with Crippen molar-refractivity contribution >= 4 is 59.5 Å². The molecule has 0 saturated carbocycles. The van der Waals surface area contributed by atoms with Crippen molar-refractivity contribution in [1.82, 2.24) is 0 Å². The summed E-state index contributed by atoms with van der Waals surface area (Å²) in [6.45, 7) is 0. The van der Waals surface area contributed by atoms with E-state index in [9.17, 15) is 0 Å². The fraction of sp³-hybridized carbons (Fsp3) is 0.0222. The van der Waals surface area contributed by atoms with Crippen LogP contribution < -0.4 is 10.1 Å². The summed E-state index contributed by atoms with van der Waals surface area (Å²) >= 11 is 0. The van der Waals surface area contributed by atoms with Gasteiger partial charge in [-0.3, -0.25) is 0 Å². The van der Waals surface area contributed by atoms with Gasteiger partial charge in [0.2, 0.25) is 0 Å². The fourth-order valence-corrected chi connectivity index (χ4v) is 7.54. The minimum Gasteiger partial charge on any atom is -0.464 e. The van der Waals surface area contributed by atoms with Crippen LogP contribution in [0.2, 0.25) is 0 Å². The summed E-state index contributed by atoms with van der Waals surface area (Å²) < 4.78 is 6.59. The smallest absolute Gasteiger partial charge is 0.196 e. The highest BCUT2D eigenvalue weighted by atomic mass is 16.5. The monoisotopic (exact) mass is 599 g/mol. The summed E-state index contributed by atoms with van der Waals surface area (Å²) in [7, 11) is 0. The molecule has 47 heavy (non-hydrogen) atoms. The predicted molar refractivity (Wildman–Crippen MR) is 198 cm³/mol. The van der Waals surface area contributed by atoms with Gasteiger partial charge in [-0.05, 0) is 88.9 Å². The molecule has 10 rings (SSSR count). The first-order valence-electron chi connectivity index (χ1n) is 16.2. The maximum absolute atomic E-state index is 6.59. The SMILES string of the molecule is c1ccc(C2Nc3ccc4ccc5ccc(-c6ccc(-c7ccc8c9ccccc9c9ccccc9c8c7)cc6)cc5c4c3O2)cc1. The molecular weight excluding hydrogens is 571 g/mol. The minimum absolute atomic E-state index is 0.199. The van der Waals surface area contributed by atoms with E-state index >= 15 is 0 Å². The zero-order valence-corrected chi connectivity index (χ0v) is 25.6. The Morgan fingerprint density at radius 3 is 1.55 bits per heavy atom. The number of rotatable bonds is 3. The van der Waals surface area contributed by atoms with Gasteiger partial charge in [-0.25, -0.2) is 0 Å². The molecule has 0 aliphatic carbocycles. The molecule has 0 bridgehead atoms. The van der Waals surface area contributed by atoms with Crippen molar-refractivity contribution < 1.29 is 4.74 Å². The maximum Gasteiger partial charge on any atom is 0.196 e. The molecule has 220 valence electrons. The van der Waals surface area contributed by atoms with Crippen LogP contribution in [0.5, 0.6) is 5.75 Å². The average molecular weight is 600 g/mol. The molecule has 1 aliphatic heterocycles. The van der Waals surface area contributed by atoms with Crippen LogP contribution in [-0.4, -0.2) is 0 Å². The Labute approximate surface area is 272 Å². The second-order valence-electron chi connectivity index (χ2n) is 12.5. The summed E-state index contributed by atoms with van der Waals surface area (Å²) in [6.07, 6.45) is -0.199. The minimum atomic E-state index is -0.199. The molecule has 9 aromatic rings. The maximum atomic E-state index is 6.59. The van der Waals surface area contributed by atoms with Gasteiger partial charge in [-0.1, -0.05) is 146 Å². The lowest BCUT2D eigenvalue weighted by Gasteiger charge is -2.13. The van der Waals surface area contributed by atoms with Crippen molar-refractivity contribution in [2.45, 2.75) is 6.23 Å². The first kappa shape index (κ1) is 26.1. The molecule has 2 nitrogen and oxygen atoms in total. The molecule has 9 aromatic carbocycles. The Hall–Kier alpha value is -6.12. The Bertz CT molecular complexity index is 2640. The molecule has 1 unspecified atom stereocenters. The van der Waals surface area contributed by atoms with Gasteiger partial charge in [0, 0.05) is 10.9 Å². The van der Waals surface area contributed by atoms with Crippen LogP contribution in [0.4, 0.5) is 5.69 Å². The lowest BCUT2D eigenvalue weighted by atomic mass is 9.91. The van der Waals surface area contributed by atoms with Crippen molar-refractivity contribution in [2.75, 3.05) is 5.32 Å². The van der Waals surface area contributed by atoms with Gasteiger partial charge >= 0.3 is 0 Å². The van der Waals surface area contributed by atoms with Gasteiger partial charge in [-0.2, -0.15) is 0 Å². The van der Waals surface area contributed by atoms with E-state index < -0.39 is 0 Å². The molecule has 0 radical (unpaired) electrons. The predicted octanol–water partition coefficient (Wildman–Crippen LogP) is 12.3. The van der Waals surface area contributed by atoms with E-state index in [0.717, 1.165) is 22.4 Å². The molecule has 0 aromatic heterocycles. The molecule has 1 N–H and O–H groups in total. The van der Waals surface area contributed by atoms with Gasteiger partial charge in [0.25, 0.3) is 0 Å². The highest BCUT2D eigenvalue weighted by molar-refractivity contribution is 6.25. The van der Waals surface area contributed by atoms with E-state index in [1.165, 1.54) is 70.7 Å². The van der Waals surface area contributed by atoms with Crippen LogP contribution in [-0.2, 0) is 0 Å². The zero-order valence-electron chi connectivity index (χ0n) is 25.6. The second kappa shape index (κ2) is 10.2. The van der Waals surface area contributed by atoms with Crippen molar-refractivity contribution in [3.63, 3.8) is 0 Å². The number of benzene rings is 9. The zero-order chi connectivity index (χ0) is 30.9. The first-order valence-corrected chi connectivity index (χ1v) is 16.2. The Morgan fingerprint density at radius 2 is 0.872 bits per heavy atom. The fourth-order valence-electron chi connectivity index (χ4n) is 7.54. The van der Waals surface area contributed by atoms with Gasteiger partial charge in [-0.15, -0.1) is 0 Å². The molecule has 1 heterocycles. The normalized spacial score (nSPS) is 14.1. The van der Waals surface area contributed by atoms with E-state index in [0.29, 0.717) is 0 Å². The molecule has 0 saturated heterocycles. The molecular formula is C45H29NO. The van der Waals surface area contributed by atoms with Gasteiger partial charge < -0.3 is 10.1 Å². The molecule has 1 atom stereocenters. The number of hydrogen-bond donors (Lipinski definition) is 1. The molecule has 0 spiro atoms. The van der Waals surface area contributed by atoms with E-state index in [1.54, 1.807) is 0 Å². The standard InChI is InChI=1S/C45H29NO/c1-2-8-32(9-3-1)45-46-42-25-23-31-20-18-30-19-21-33(26-40(30)43(31)44(42)47-45)28-14-16-29(17-15-28)34-22-24-39-37-12-5-4-10-35(37)36-11-6-7-13-38(36)41(39)27-34/h1-27,45-46H. The van der Waals surface area contributed by atoms with Crippen LogP contribution in [0.15, 0.2) is 164 Å². The molecule has 1 aliphatic rings. The van der Waals surface area contributed by atoms with Crippen LogP contribution >= 0.6 is 0 Å². The van der Waals surface area contributed by atoms with Crippen molar-refractivity contribution in [3.8, 4) is 28.0 Å². The third-order valence-corrected chi connectivity index (χ3v) is 9.88. The number of ether oxygens (including phenoxy) is 1. The lowest BCUT2D eigenvalue weighted by molar-refractivity contribution is 0.263. The third kappa shape index (κ3) is 4.12. The average Bonchev–Trinajstić information content (AvgIpc) is 3.60. The highest BCUT2D eigenvalue weighted by Crippen LogP contribution is 2.46. The van der Waals surface area contributed by atoms with Gasteiger partial charge in [0.15, 0.2) is 12.0 Å². The number of hydrogen-bond acceptors (Lipinski definition) is 2. The van der Waals surface area contributed by atoms with Gasteiger partial charge in [0.05, 0.1) is 5.69 Å². The van der Waals surface area contributed by atoms with E-state index in [4.69, 9.17) is 4.74 Å².